The first kappa shape index (κ1) is 10.8. The molecule has 0 N–H and O–H groups in total. The summed E-state index contributed by atoms with van der Waals surface area (Å²) in [5.41, 5.74) is 1.75. The smallest absolute Gasteiger partial charge is 0.168 e. The summed E-state index contributed by atoms with van der Waals surface area (Å²) in [6, 6.07) is 9.42. The Morgan fingerprint density at radius 1 is 1.25 bits per heavy atom. The van der Waals surface area contributed by atoms with Crippen molar-refractivity contribution in [1.29, 1.82) is 0 Å². The number of fused-ring (bicyclic) bond motifs is 1. The van der Waals surface area contributed by atoms with Crippen molar-refractivity contribution in [1.82, 2.24) is 4.98 Å². The summed E-state index contributed by atoms with van der Waals surface area (Å²) in [5.74, 6) is 0. The topological polar surface area (TPSA) is 47.0 Å². The Labute approximate surface area is 94.4 Å². The maximum Gasteiger partial charge on any atom is 0.168 e. The van der Waals surface area contributed by atoms with Gasteiger partial charge in [-0.15, -0.1) is 0 Å². The van der Waals surface area contributed by atoms with E-state index in [0.717, 1.165) is 16.5 Å². The number of benzene rings is 1. The van der Waals surface area contributed by atoms with Gasteiger partial charge in [0, 0.05) is 23.2 Å². The van der Waals surface area contributed by atoms with E-state index in [9.17, 15) is 8.42 Å². The van der Waals surface area contributed by atoms with Gasteiger partial charge in [0.05, 0.1) is 5.52 Å². The highest BCUT2D eigenvalue weighted by Crippen LogP contribution is 2.14. The minimum atomic E-state index is -3.07. The fourth-order valence-corrected chi connectivity index (χ4v) is 1.80. The molecular formula is C12H11NO2S. The third-order valence-electron chi connectivity index (χ3n) is 2.13. The molecule has 0 unspecified atom stereocenters. The fraction of sp³-hybridized carbons (Fsp3) is 0.0833. The minimum absolute atomic E-state index is 0.853. The number of pyridine rings is 1. The van der Waals surface area contributed by atoms with Crippen LogP contribution in [0.5, 0.6) is 0 Å². The predicted molar refractivity (Wildman–Crippen MR) is 65.6 cm³/mol. The molecule has 0 aliphatic rings. The van der Waals surface area contributed by atoms with Crippen LogP contribution in [0.1, 0.15) is 5.56 Å². The Morgan fingerprint density at radius 2 is 2.06 bits per heavy atom. The van der Waals surface area contributed by atoms with E-state index in [1.165, 1.54) is 11.7 Å². The Bertz CT molecular complexity index is 645. The van der Waals surface area contributed by atoms with Gasteiger partial charge in [-0.25, -0.2) is 8.42 Å². The van der Waals surface area contributed by atoms with E-state index in [-0.39, 0.29) is 0 Å². The van der Waals surface area contributed by atoms with Gasteiger partial charge in [-0.2, -0.15) is 0 Å². The fourth-order valence-electron chi connectivity index (χ4n) is 1.40. The highest BCUT2D eigenvalue weighted by atomic mass is 32.2. The molecule has 4 heteroatoms. The Kier molecular flexibility index (Phi) is 2.75. The van der Waals surface area contributed by atoms with Crippen LogP contribution in [0.3, 0.4) is 0 Å². The van der Waals surface area contributed by atoms with Crippen LogP contribution in [0.2, 0.25) is 0 Å². The first-order valence-electron chi connectivity index (χ1n) is 4.77. The molecule has 0 radical (unpaired) electrons. The van der Waals surface area contributed by atoms with Crippen molar-refractivity contribution < 1.29 is 8.42 Å². The zero-order chi connectivity index (χ0) is 11.6. The molecule has 3 nitrogen and oxygen atoms in total. The van der Waals surface area contributed by atoms with Crippen LogP contribution in [0.25, 0.3) is 17.0 Å². The second-order valence-electron chi connectivity index (χ2n) is 3.59. The van der Waals surface area contributed by atoms with Gasteiger partial charge in [0.1, 0.15) is 0 Å². The molecule has 0 aliphatic carbocycles. The van der Waals surface area contributed by atoms with Gasteiger partial charge < -0.3 is 0 Å². The molecule has 1 aromatic carbocycles. The number of nitrogens with zero attached hydrogens (tertiary/aromatic N) is 1. The molecule has 16 heavy (non-hydrogen) atoms. The maximum absolute atomic E-state index is 11.0. The largest absolute Gasteiger partial charge is 0.256 e. The molecule has 1 aromatic heterocycles. The van der Waals surface area contributed by atoms with Crippen molar-refractivity contribution >= 4 is 26.8 Å². The minimum Gasteiger partial charge on any atom is -0.256 e. The average molecular weight is 233 g/mol. The molecule has 0 amide bonds. The summed E-state index contributed by atoms with van der Waals surface area (Å²) in [7, 11) is -3.07. The number of sulfone groups is 1. The van der Waals surface area contributed by atoms with Crippen LogP contribution >= 0.6 is 0 Å². The van der Waals surface area contributed by atoms with Crippen LogP contribution in [0.15, 0.2) is 41.9 Å². The van der Waals surface area contributed by atoms with Crippen LogP contribution in [-0.2, 0) is 9.84 Å². The van der Waals surface area contributed by atoms with Crippen molar-refractivity contribution in [2.24, 2.45) is 0 Å². The second kappa shape index (κ2) is 4.06. The number of hydrogen-bond donors (Lipinski definition) is 0. The number of aromatic nitrogens is 1. The summed E-state index contributed by atoms with van der Waals surface area (Å²) >= 11 is 0. The van der Waals surface area contributed by atoms with E-state index in [4.69, 9.17) is 0 Å². The third-order valence-corrected chi connectivity index (χ3v) is 2.77. The summed E-state index contributed by atoms with van der Waals surface area (Å²) in [6.45, 7) is 0. The Hall–Kier alpha value is -1.68. The molecule has 82 valence electrons. The molecule has 2 aromatic rings. The lowest BCUT2D eigenvalue weighted by Crippen LogP contribution is -1.87. The van der Waals surface area contributed by atoms with E-state index in [1.54, 1.807) is 12.3 Å². The highest BCUT2D eigenvalue weighted by Gasteiger charge is 1.96. The molecule has 0 bridgehead atoms. The Balaban J connectivity index is 2.44. The summed E-state index contributed by atoms with van der Waals surface area (Å²) < 4.78 is 21.9. The lowest BCUT2D eigenvalue weighted by Gasteiger charge is -1.97. The van der Waals surface area contributed by atoms with Crippen molar-refractivity contribution in [3.8, 4) is 0 Å². The van der Waals surface area contributed by atoms with E-state index in [0.29, 0.717) is 0 Å². The van der Waals surface area contributed by atoms with E-state index >= 15 is 0 Å². The molecule has 2 rings (SSSR count). The van der Waals surface area contributed by atoms with E-state index < -0.39 is 9.84 Å². The average Bonchev–Trinajstić information content (AvgIpc) is 2.25. The van der Waals surface area contributed by atoms with Crippen LogP contribution in [-0.4, -0.2) is 19.7 Å². The number of hydrogen-bond acceptors (Lipinski definition) is 3. The Morgan fingerprint density at radius 3 is 2.81 bits per heavy atom. The molecule has 1 heterocycles. The van der Waals surface area contributed by atoms with Gasteiger partial charge in [0.15, 0.2) is 9.84 Å². The molecule has 0 spiro atoms. The maximum atomic E-state index is 11.0. The highest BCUT2D eigenvalue weighted by molar-refractivity contribution is 7.93. The molecule has 0 aliphatic heterocycles. The molecule has 0 atom stereocenters. The van der Waals surface area contributed by atoms with Crippen molar-refractivity contribution in [2.45, 2.75) is 0 Å². The third kappa shape index (κ3) is 2.67. The van der Waals surface area contributed by atoms with E-state index in [2.05, 4.69) is 4.98 Å². The molecular weight excluding hydrogens is 222 g/mol. The van der Waals surface area contributed by atoms with Gasteiger partial charge in [0.25, 0.3) is 0 Å². The molecule has 0 saturated carbocycles. The second-order valence-corrected chi connectivity index (χ2v) is 5.52. The SMILES string of the molecule is CS(=O)(=O)C=Cc1ccc2ncccc2c1. The number of rotatable bonds is 2. The quantitative estimate of drug-likeness (QED) is 0.799. The zero-order valence-electron chi connectivity index (χ0n) is 8.79. The van der Waals surface area contributed by atoms with Gasteiger partial charge in [-0.1, -0.05) is 12.1 Å². The molecule has 0 fully saturated rings. The normalized spacial score (nSPS) is 12.3. The van der Waals surface area contributed by atoms with Gasteiger partial charge in [-0.05, 0) is 29.8 Å². The van der Waals surface area contributed by atoms with Gasteiger partial charge in [-0.3, -0.25) is 4.98 Å². The predicted octanol–water partition coefficient (Wildman–Crippen LogP) is 2.25. The van der Waals surface area contributed by atoms with Crippen LogP contribution < -0.4 is 0 Å². The lowest BCUT2D eigenvalue weighted by molar-refractivity contribution is 0.610. The summed E-state index contributed by atoms with van der Waals surface area (Å²) in [5, 5.41) is 2.20. The van der Waals surface area contributed by atoms with Crippen LogP contribution in [0, 0.1) is 0 Å². The summed E-state index contributed by atoms with van der Waals surface area (Å²) in [4.78, 5) is 4.19. The van der Waals surface area contributed by atoms with Crippen molar-refractivity contribution in [3.63, 3.8) is 0 Å². The summed E-state index contributed by atoms with van der Waals surface area (Å²) in [6.07, 6.45) is 4.49. The van der Waals surface area contributed by atoms with Crippen LogP contribution in [0.4, 0.5) is 0 Å². The van der Waals surface area contributed by atoms with Crippen molar-refractivity contribution in [2.75, 3.05) is 6.26 Å². The first-order valence-corrected chi connectivity index (χ1v) is 6.73. The monoisotopic (exact) mass is 233 g/mol. The van der Waals surface area contributed by atoms with Gasteiger partial charge in [0.2, 0.25) is 0 Å². The standard InChI is InChI=1S/C12H11NO2S/c1-16(14,15)8-6-10-4-5-12-11(9-10)3-2-7-13-12/h2-9H,1H3. The van der Waals surface area contributed by atoms with E-state index in [1.807, 2.05) is 30.3 Å². The van der Waals surface area contributed by atoms with Crippen molar-refractivity contribution in [3.05, 3.63) is 47.5 Å². The zero-order valence-corrected chi connectivity index (χ0v) is 9.61. The first-order chi connectivity index (χ1) is 7.54. The molecule has 0 saturated heterocycles. The lowest BCUT2D eigenvalue weighted by atomic mass is 10.1. The van der Waals surface area contributed by atoms with Gasteiger partial charge >= 0.3 is 0 Å².